The fourth-order valence-electron chi connectivity index (χ4n) is 2.23. The van der Waals surface area contributed by atoms with Crippen molar-refractivity contribution in [3.05, 3.63) is 28.8 Å². The van der Waals surface area contributed by atoms with E-state index in [1.807, 2.05) is 0 Å². The van der Waals surface area contributed by atoms with Crippen LogP contribution in [0, 0.1) is 5.92 Å². The molecule has 2 amide bonds. The predicted molar refractivity (Wildman–Crippen MR) is 105 cm³/mol. The third-order valence-electron chi connectivity index (χ3n) is 3.74. The quantitative estimate of drug-likeness (QED) is 0.590. The summed E-state index contributed by atoms with van der Waals surface area (Å²) >= 11 is 1.16. The number of thiazole rings is 1. The molecule has 9 heteroatoms. The van der Waals surface area contributed by atoms with Crippen LogP contribution in [0.25, 0.3) is 0 Å². The predicted octanol–water partition coefficient (Wildman–Crippen LogP) is 1.46. The number of carbonyl (C=O) groups is 3. The Morgan fingerprint density at radius 2 is 1.92 bits per heavy atom. The third-order valence-corrected chi connectivity index (χ3v) is 4.50. The Bertz CT molecular complexity index is 864. The molecular weight excluding hydrogens is 353 g/mol. The molecule has 0 radical (unpaired) electrons. The van der Waals surface area contributed by atoms with Crippen LogP contribution in [0.4, 0.5) is 10.8 Å². The molecule has 1 heterocycles. The van der Waals surface area contributed by atoms with Crippen LogP contribution in [-0.2, 0) is 4.79 Å². The zero-order chi connectivity index (χ0) is 19.4. The molecule has 2 rings (SSSR count). The highest BCUT2D eigenvalue weighted by Gasteiger charge is 2.19. The van der Waals surface area contributed by atoms with Gasteiger partial charge < -0.3 is 15.4 Å². The van der Waals surface area contributed by atoms with Gasteiger partial charge in [-0.25, -0.2) is 4.98 Å². The number of ether oxygens (including phenoxy) is 1. The maximum Gasteiger partial charge on any atom is 0.275 e. The lowest BCUT2D eigenvalue weighted by atomic mass is 9.89. The highest BCUT2D eigenvalue weighted by Crippen LogP contribution is 2.22. The Hall–Kier alpha value is -2.68. The molecule has 2 N–H and O–H groups in total. The number of nitrogens with one attached hydrogen (secondary N) is 2. The molecule has 2 aromatic rings. The highest BCUT2D eigenvalue weighted by molar-refractivity contribution is 7.14. The molecule has 0 unspecified atom stereocenters. The number of hydrogen-bond donors (Lipinski definition) is 2. The van der Waals surface area contributed by atoms with Gasteiger partial charge in [0.05, 0.1) is 7.11 Å². The number of Topliss-reactive ketones (excluding diaryl/α,β-unsaturated/α-hetero) is 1. The van der Waals surface area contributed by atoms with Crippen LogP contribution >= 0.6 is 11.3 Å². The van der Waals surface area contributed by atoms with Crippen molar-refractivity contribution in [2.45, 2.75) is 20.8 Å². The average molecular weight is 373 g/mol. The van der Waals surface area contributed by atoms with E-state index in [9.17, 15) is 14.4 Å². The zero-order valence-electron chi connectivity index (χ0n) is 15.3. The summed E-state index contributed by atoms with van der Waals surface area (Å²) in [5.41, 5.74) is 1.59. The van der Waals surface area contributed by atoms with Crippen LogP contribution in [-0.4, -0.2) is 37.5 Å². The number of rotatable bonds is 6. The molecule has 0 saturated carbocycles. The summed E-state index contributed by atoms with van der Waals surface area (Å²) < 4.78 is 5.25. The van der Waals surface area contributed by atoms with Gasteiger partial charge in [0.15, 0.2) is 10.9 Å². The van der Waals surface area contributed by atoms with Crippen molar-refractivity contribution in [2.24, 2.45) is 5.92 Å². The van der Waals surface area contributed by atoms with Gasteiger partial charge >= 0.3 is 0 Å². The Labute approximate surface area is 156 Å². The summed E-state index contributed by atoms with van der Waals surface area (Å²) in [5.74, 6) is -0.435. The van der Waals surface area contributed by atoms with Crippen molar-refractivity contribution in [1.29, 1.82) is 0 Å². The summed E-state index contributed by atoms with van der Waals surface area (Å²) in [6, 6.07) is 3.29. The first-order valence-corrected chi connectivity index (χ1v) is 8.88. The van der Waals surface area contributed by atoms with E-state index >= 15 is 0 Å². The van der Waals surface area contributed by atoms with E-state index in [0.29, 0.717) is 27.6 Å². The number of hydrogen-bond acceptors (Lipinski definition) is 6. The highest BCUT2D eigenvalue weighted by atomic mass is 32.1. The van der Waals surface area contributed by atoms with Gasteiger partial charge in [0.1, 0.15) is 19.3 Å². The second kappa shape index (κ2) is 8.14. The molecule has 1 aromatic heterocycles. The maximum absolute atomic E-state index is 12.5. The Morgan fingerprint density at radius 3 is 2.50 bits per heavy atom. The SMILES string of the molecule is Bc1c(OC)ccc(C(C)=O)c1NC(=O)c1csc(NC(=O)C(C)C)n1. The van der Waals surface area contributed by atoms with E-state index in [0.717, 1.165) is 11.3 Å². The second-order valence-corrected chi connectivity index (χ2v) is 6.87. The standard InChI is InChI=1S/C17H20BN3O4S/c1-8(2)15(23)21-17-19-11(7-26-17)16(24)20-14-10(9(3)22)5-6-12(25-4)13(14)18/h5-8H,18H2,1-4H3,(H,20,24)(H,19,21,23). The fraction of sp³-hybridized carbons (Fsp3) is 0.294. The van der Waals surface area contributed by atoms with Crippen molar-refractivity contribution < 1.29 is 19.1 Å². The fourth-order valence-corrected chi connectivity index (χ4v) is 2.92. The molecule has 7 nitrogen and oxygen atoms in total. The smallest absolute Gasteiger partial charge is 0.275 e. The monoisotopic (exact) mass is 373 g/mol. The van der Waals surface area contributed by atoms with E-state index in [4.69, 9.17) is 4.74 Å². The van der Waals surface area contributed by atoms with Crippen molar-refractivity contribution in [3.8, 4) is 5.75 Å². The van der Waals surface area contributed by atoms with Crippen molar-refractivity contribution in [1.82, 2.24) is 4.98 Å². The van der Waals surface area contributed by atoms with Crippen LogP contribution in [0.2, 0.25) is 0 Å². The van der Waals surface area contributed by atoms with Gasteiger partial charge in [-0.2, -0.15) is 0 Å². The number of amides is 2. The van der Waals surface area contributed by atoms with Gasteiger partial charge in [0.25, 0.3) is 5.91 Å². The summed E-state index contributed by atoms with van der Waals surface area (Å²) in [4.78, 5) is 40.3. The topological polar surface area (TPSA) is 97.4 Å². The lowest BCUT2D eigenvalue weighted by Gasteiger charge is -2.15. The molecule has 0 spiro atoms. The maximum atomic E-state index is 12.5. The molecule has 26 heavy (non-hydrogen) atoms. The average Bonchev–Trinajstić information content (AvgIpc) is 3.04. The van der Waals surface area contributed by atoms with Gasteiger partial charge in [-0.15, -0.1) is 11.3 Å². The number of carbonyl (C=O) groups excluding carboxylic acids is 3. The molecule has 0 aliphatic rings. The molecule has 0 fully saturated rings. The second-order valence-electron chi connectivity index (χ2n) is 6.01. The minimum absolute atomic E-state index is 0.158. The van der Waals surface area contributed by atoms with E-state index in [1.165, 1.54) is 14.0 Å². The summed E-state index contributed by atoms with van der Waals surface area (Å²) in [5, 5.41) is 7.29. The van der Waals surface area contributed by atoms with Crippen LogP contribution in [0.15, 0.2) is 17.5 Å². The van der Waals surface area contributed by atoms with Crippen LogP contribution in [0.5, 0.6) is 5.75 Å². The lowest BCUT2D eigenvalue weighted by molar-refractivity contribution is -0.118. The molecular formula is C17H20BN3O4S. The number of benzene rings is 1. The van der Waals surface area contributed by atoms with E-state index < -0.39 is 5.91 Å². The van der Waals surface area contributed by atoms with Gasteiger partial charge in [0, 0.05) is 22.5 Å². The Morgan fingerprint density at radius 1 is 1.23 bits per heavy atom. The molecule has 0 aliphatic carbocycles. The first-order valence-electron chi connectivity index (χ1n) is 8.00. The van der Waals surface area contributed by atoms with Crippen LogP contribution < -0.4 is 20.8 Å². The molecule has 0 bridgehead atoms. The van der Waals surface area contributed by atoms with E-state index in [-0.39, 0.29) is 23.3 Å². The van der Waals surface area contributed by atoms with Crippen LogP contribution in [0.1, 0.15) is 41.6 Å². The normalized spacial score (nSPS) is 10.5. The minimum Gasteiger partial charge on any atom is -0.497 e. The van der Waals surface area contributed by atoms with Crippen molar-refractivity contribution in [3.63, 3.8) is 0 Å². The first-order chi connectivity index (χ1) is 12.2. The third kappa shape index (κ3) is 4.29. The minimum atomic E-state index is -0.467. The van der Waals surface area contributed by atoms with E-state index in [1.54, 1.807) is 39.2 Å². The van der Waals surface area contributed by atoms with Gasteiger partial charge in [-0.1, -0.05) is 13.8 Å². The molecule has 1 aromatic carbocycles. The van der Waals surface area contributed by atoms with E-state index in [2.05, 4.69) is 15.6 Å². The van der Waals surface area contributed by atoms with Crippen molar-refractivity contribution >= 4 is 53.1 Å². The number of nitrogens with zero attached hydrogens (tertiary/aromatic N) is 1. The lowest BCUT2D eigenvalue weighted by Crippen LogP contribution is -2.23. The summed E-state index contributed by atoms with van der Waals surface area (Å²) in [7, 11) is 3.28. The number of methoxy groups -OCH3 is 1. The van der Waals surface area contributed by atoms with Crippen LogP contribution in [0.3, 0.4) is 0 Å². The zero-order valence-corrected chi connectivity index (χ0v) is 16.1. The van der Waals surface area contributed by atoms with Gasteiger partial charge in [-0.05, 0) is 24.5 Å². The summed E-state index contributed by atoms with van der Waals surface area (Å²) in [6.07, 6.45) is 0. The number of aromatic nitrogens is 1. The number of anilines is 2. The van der Waals surface area contributed by atoms with Crippen molar-refractivity contribution in [2.75, 3.05) is 17.7 Å². The van der Waals surface area contributed by atoms with Gasteiger partial charge in [-0.3, -0.25) is 14.4 Å². The molecule has 136 valence electrons. The molecule has 0 aliphatic heterocycles. The van der Waals surface area contributed by atoms with Gasteiger partial charge in [0.2, 0.25) is 5.91 Å². The number of ketones is 1. The summed E-state index contributed by atoms with van der Waals surface area (Å²) in [6.45, 7) is 4.97. The molecule has 0 saturated heterocycles. The first kappa shape index (κ1) is 19.6. The Balaban J connectivity index is 2.26. The largest absolute Gasteiger partial charge is 0.497 e. The Kier molecular flexibility index (Phi) is 6.15. The molecule has 0 atom stereocenters.